The van der Waals surface area contributed by atoms with Crippen molar-refractivity contribution in [1.29, 1.82) is 0 Å². The summed E-state index contributed by atoms with van der Waals surface area (Å²) < 4.78 is 11.2. The van der Waals surface area contributed by atoms with E-state index in [2.05, 4.69) is 10.1 Å². The zero-order valence-electron chi connectivity index (χ0n) is 13.0. The third-order valence-corrected chi connectivity index (χ3v) is 3.81. The number of para-hydroxylation sites is 1. The lowest BCUT2D eigenvalue weighted by atomic mass is 10.1. The van der Waals surface area contributed by atoms with E-state index in [9.17, 15) is 4.79 Å². The van der Waals surface area contributed by atoms with Crippen LogP contribution in [0, 0.1) is 6.92 Å². The zero-order chi connectivity index (χ0) is 16.5. The summed E-state index contributed by atoms with van der Waals surface area (Å²) in [6, 6.07) is 16.6. The average molecular weight is 318 g/mol. The molecule has 0 aliphatic heterocycles. The van der Waals surface area contributed by atoms with Crippen molar-refractivity contribution >= 4 is 11.0 Å². The van der Waals surface area contributed by atoms with Crippen LogP contribution in [0.2, 0.25) is 0 Å². The van der Waals surface area contributed by atoms with Gasteiger partial charge in [-0.25, -0.2) is 0 Å². The highest BCUT2D eigenvalue weighted by molar-refractivity contribution is 5.81. The number of rotatable bonds is 3. The van der Waals surface area contributed by atoms with Gasteiger partial charge >= 0.3 is 0 Å². The van der Waals surface area contributed by atoms with Crippen LogP contribution in [0.25, 0.3) is 22.3 Å². The molecule has 2 aromatic carbocycles. The van der Waals surface area contributed by atoms with Crippen molar-refractivity contribution in [2.75, 3.05) is 0 Å². The van der Waals surface area contributed by atoms with Gasteiger partial charge in [0.05, 0.1) is 11.8 Å². The van der Waals surface area contributed by atoms with Gasteiger partial charge in [0.15, 0.2) is 11.3 Å². The Morgan fingerprint density at radius 2 is 1.88 bits per heavy atom. The molecule has 0 spiro atoms. The highest BCUT2D eigenvalue weighted by Crippen LogP contribution is 2.25. The van der Waals surface area contributed by atoms with Gasteiger partial charge in [0, 0.05) is 17.2 Å². The molecule has 4 rings (SSSR count). The Hall–Kier alpha value is -3.21. The van der Waals surface area contributed by atoms with Crippen LogP contribution < -0.4 is 5.43 Å². The van der Waals surface area contributed by atoms with Crippen LogP contribution in [0.1, 0.15) is 17.3 Å². The molecule has 0 amide bonds. The molecule has 24 heavy (non-hydrogen) atoms. The minimum atomic E-state index is -0.0707. The number of benzene rings is 2. The van der Waals surface area contributed by atoms with E-state index in [1.165, 1.54) is 6.07 Å². The summed E-state index contributed by atoms with van der Waals surface area (Å²) in [5, 5.41) is 4.34. The SMILES string of the molecule is Cc1noc(Cc2cccc3c(=O)cc(-c4ccccc4)oc23)n1. The Morgan fingerprint density at radius 1 is 1.04 bits per heavy atom. The monoisotopic (exact) mass is 318 g/mol. The predicted octanol–water partition coefficient (Wildman–Crippen LogP) is 3.74. The summed E-state index contributed by atoms with van der Waals surface area (Å²) >= 11 is 0. The number of aryl methyl sites for hydroxylation is 1. The van der Waals surface area contributed by atoms with Gasteiger partial charge in [-0.3, -0.25) is 4.79 Å². The summed E-state index contributed by atoms with van der Waals surface area (Å²) in [5.74, 6) is 1.62. The molecule has 0 atom stereocenters. The Kier molecular flexibility index (Phi) is 3.46. The molecule has 0 saturated heterocycles. The molecule has 0 radical (unpaired) electrons. The molecule has 2 heterocycles. The molecule has 5 nitrogen and oxygen atoms in total. The third kappa shape index (κ3) is 2.60. The lowest BCUT2D eigenvalue weighted by Gasteiger charge is -2.06. The maximum Gasteiger partial charge on any atom is 0.231 e. The first-order valence-corrected chi connectivity index (χ1v) is 7.61. The average Bonchev–Trinajstić information content (AvgIpc) is 3.01. The Morgan fingerprint density at radius 3 is 2.62 bits per heavy atom. The summed E-state index contributed by atoms with van der Waals surface area (Å²) in [6.45, 7) is 1.77. The topological polar surface area (TPSA) is 69.1 Å². The van der Waals surface area contributed by atoms with E-state index in [1.807, 2.05) is 42.5 Å². The van der Waals surface area contributed by atoms with Crippen LogP contribution in [0.3, 0.4) is 0 Å². The van der Waals surface area contributed by atoms with Crippen LogP contribution in [-0.4, -0.2) is 10.1 Å². The standard InChI is InChI=1S/C19H14N2O3/c1-12-20-18(24-21-12)10-14-8-5-9-15-16(22)11-17(23-19(14)15)13-6-3-2-4-7-13/h2-9,11H,10H2,1H3. The molecule has 4 aromatic rings. The second kappa shape index (κ2) is 5.77. The van der Waals surface area contributed by atoms with Gasteiger partial charge < -0.3 is 8.94 Å². The molecule has 0 unspecified atom stereocenters. The lowest BCUT2D eigenvalue weighted by Crippen LogP contribution is -2.02. The van der Waals surface area contributed by atoms with Gasteiger partial charge in [-0.2, -0.15) is 4.98 Å². The van der Waals surface area contributed by atoms with Crippen molar-refractivity contribution in [3.05, 3.63) is 82.1 Å². The molecular formula is C19H14N2O3. The van der Waals surface area contributed by atoms with E-state index < -0.39 is 0 Å². The van der Waals surface area contributed by atoms with Crippen LogP contribution >= 0.6 is 0 Å². The van der Waals surface area contributed by atoms with Crippen LogP contribution in [0.5, 0.6) is 0 Å². The van der Waals surface area contributed by atoms with Crippen LogP contribution in [-0.2, 0) is 6.42 Å². The molecule has 0 N–H and O–H groups in total. The normalized spacial score (nSPS) is 11.0. The zero-order valence-corrected chi connectivity index (χ0v) is 13.0. The van der Waals surface area contributed by atoms with Crippen molar-refractivity contribution in [2.45, 2.75) is 13.3 Å². The molecule has 118 valence electrons. The van der Waals surface area contributed by atoms with E-state index in [1.54, 1.807) is 13.0 Å². The van der Waals surface area contributed by atoms with E-state index in [4.69, 9.17) is 8.94 Å². The number of fused-ring (bicyclic) bond motifs is 1. The van der Waals surface area contributed by atoms with Crippen LogP contribution in [0.4, 0.5) is 0 Å². The van der Waals surface area contributed by atoms with Gasteiger partial charge in [-0.1, -0.05) is 47.6 Å². The first kappa shape index (κ1) is 14.4. The van der Waals surface area contributed by atoms with Gasteiger partial charge in [0.1, 0.15) is 11.3 Å². The Labute approximate surface area is 137 Å². The second-order valence-corrected chi connectivity index (χ2v) is 5.55. The first-order chi connectivity index (χ1) is 11.7. The van der Waals surface area contributed by atoms with Crippen molar-refractivity contribution in [2.24, 2.45) is 0 Å². The molecule has 2 aromatic heterocycles. The number of hydrogen-bond donors (Lipinski definition) is 0. The molecule has 0 aliphatic rings. The minimum absolute atomic E-state index is 0.0707. The van der Waals surface area contributed by atoms with E-state index in [0.717, 1.165) is 11.1 Å². The largest absolute Gasteiger partial charge is 0.456 e. The maximum atomic E-state index is 12.5. The summed E-state index contributed by atoms with van der Waals surface area (Å²) in [7, 11) is 0. The van der Waals surface area contributed by atoms with E-state index >= 15 is 0 Å². The summed E-state index contributed by atoms with van der Waals surface area (Å²) in [4.78, 5) is 16.7. The summed E-state index contributed by atoms with van der Waals surface area (Å²) in [6.07, 6.45) is 0.416. The van der Waals surface area contributed by atoms with Gasteiger partial charge in [-0.15, -0.1) is 0 Å². The van der Waals surface area contributed by atoms with Crippen molar-refractivity contribution in [3.63, 3.8) is 0 Å². The first-order valence-electron chi connectivity index (χ1n) is 7.61. The highest BCUT2D eigenvalue weighted by atomic mass is 16.5. The van der Waals surface area contributed by atoms with Gasteiger partial charge in [-0.05, 0) is 13.0 Å². The Balaban J connectivity index is 1.88. The molecule has 5 heteroatoms. The van der Waals surface area contributed by atoms with Crippen molar-refractivity contribution < 1.29 is 8.94 Å². The van der Waals surface area contributed by atoms with Gasteiger partial charge in [0.2, 0.25) is 5.89 Å². The molecule has 0 bridgehead atoms. The van der Waals surface area contributed by atoms with Crippen molar-refractivity contribution in [3.8, 4) is 11.3 Å². The highest BCUT2D eigenvalue weighted by Gasteiger charge is 2.13. The maximum absolute atomic E-state index is 12.5. The fourth-order valence-corrected chi connectivity index (χ4v) is 2.69. The Bertz CT molecular complexity index is 1060. The lowest BCUT2D eigenvalue weighted by molar-refractivity contribution is 0.381. The molecule has 0 fully saturated rings. The van der Waals surface area contributed by atoms with Gasteiger partial charge in [0.25, 0.3) is 0 Å². The second-order valence-electron chi connectivity index (χ2n) is 5.55. The summed E-state index contributed by atoms with van der Waals surface area (Å²) in [5.41, 5.74) is 2.18. The molecular weight excluding hydrogens is 304 g/mol. The van der Waals surface area contributed by atoms with E-state index in [-0.39, 0.29) is 5.43 Å². The fraction of sp³-hybridized carbons (Fsp3) is 0.105. The smallest absolute Gasteiger partial charge is 0.231 e. The van der Waals surface area contributed by atoms with E-state index in [0.29, 0.717) is 34.9 Å². The minimum Gasteiger partial charge on any atom is -0.456 e. The number of hydrogen-bond acceptors (Lipinski definition) is 5. The molecule has 0 saturated carbocycles. The third-order valence-electron chi connectivity index (χ3n) is 3.81. The molecule has 0 aliphatic carbocycles. The number of aromatic nitrogens is 2. The number of nitrogens with zero attached hydrogens (tertiary/aromatic N) is 2. The van der Waals surface area contributed by atoms with Crippen molar-refractivity contribution in [1.82, 2.24) is 10.1 Å². The van der Waals surface area contributed by atoms with Crippen LogP contribution in [0.15, 0.2) is 68.3 Å². The quantitative estimate of drug-likeness (QED) is 0.575. The fourth-order valence-electron chi connectivity index (χ4n) is 2.69. The predicted molar refractivity (Wildman–Crippen MR) is 89.8 cm³/mol.